The van der Waals surface area contributed by atoms with Crippen molar-refractivity contribution in [3.8, 4) is 0 Å². The third kappa shape index (κ3) is 3.01. The molecule has 0 spiro atoms. The maximum Gasteiger partial charge on any atom is 0.390 e. The van der Waals surface area contributed by atoms with Crippen molar-refractivity contribution in [3.05, 3.63) is 23.6 Å². The van der Waals surface area contributed by atoms with Gasteiger partial charge in [0.05, 0.1) is 0 Å². The largest absolute Gasteiger partial charge is 0.392 e. The van der Waals surface area contributed by atoms with E-state index in [1.807, 2.05) is 37.4 Å². The molecule has 0 aliphatic heterocycles. The first-order chi connectivity index (χ1) is 5.24. The smallest absolute Gasteiger partial charge is 0.390 e. The molecule has 0 amide bonds. The minimum absolute atomic E-state index is 1.68. The molecule has 0 bridgehead atoms. The van der Waals surface area contributed by atoms with Gasteiger partial charge in [-0.2, -0.15) is 0 Å². The Balaban J connectivity index is 4.45. The molecule has 0 aromatic carbocycles. The van der Waals surface area contributed by atoms with Crippen LogP contribution in [0, 0.1) is 0 Å². The summed E-state index contributed by atoms with van der Waals surface area (Å²) in [6, 6.07) is 0. The fraction of sp³-hybridized carbons (Fsp3) is 0.500. The summed E-state index contributed by atoms with van der Waals surface area (Å²) < 4.78 is 10.6. The van der Waals surface area contributed by atoms with E-state index in [4.69, 9.17) is 8.85 Å². The van der Waals surface area contributed by atoms with Crippen molar-refractivity contribution in [1.82, 2.24) is 0 Å². The predicted octanol–water partition coefficient (Wildman–Crippen LogP) is 1.95. The van der Waals surface area contributed by atoms with Crippen LogP contribution in [0.25, 0.3) is 0 Å². The SMILES string of the molecule is C/C=C/[Si](/C=C/C)(OC)OC. The molecule has 0 saturated carbocycles. The van der Waals surface area contributed by atoms with Crippen LogP contribution in [0.1, 0.15) is 13.8 Å². The van der Waals surface area contributed by atoms with Gasteiger partial charge in [0.25, 0.3) is 0 Å². The van der Waals surface area contributed by atoms with Crippen LogP contribution >= 0.6 is 0 Å². The highest BCUT2D eigenvalue weighted by Crippen LogP contribution is 2.08. The molecule has 0 rings (SSSR count). The minimum atomic E-state index is -2.10. The van der Waals surface area contributed by atoms with Gasteiger partial charge in [0.15, 0.2) is 0 Å². The first kappa shape index (κ1) is 10.6. The van der Waals surface area contributed by atoms with Crippen molar-refractivity contribution in [2.75, 3.05) is 14.2 Å². The Bertz CT molecular complexity index is 134. The van der Waals surface area contributed by atoms with Crippen LogP contribution in [0.3, 0.4) is 0 Å². The Hall–Kier alpha value is -0.383. The van der Waals surface area contributed by atoms with Crippen molar-refractivity contribution in [3.63, 3.8) is 0 Å². The normalized spacial score (nSPS) is 13.5. The second-order valence-corrected chi connectivity index (χ2v) is 5.06. The highest BCUT2D eigenvalue weighted by Gasteiger charge is 2.27. The molecule has 0 radical (unpaired) electrons. The average Bonchev–Trinajstić information content (AvgIpc) is 2.04. The topological polar surface area (TPSA) is 18.5 Å². The quantitative estimate of drug-likeness (QED) is 0.603. The molecule has 0 aromatic rings. The molecular formula is C8H16O2Si. The van der Waals surface area contributed by atoms with E-state index in [2.05, 4.69) is 0 Å². The lowest BCUT2D eigenvalue weighted by Crippen LogP contribution is -2.36. The highest BCUT2D eigenvalue weighted by atomic mass is 28.4. The molecule has 64 valence electrons. The van der Waals surface area contributed by atoms with Crippen LogP contribution in [0.2, 0.25) is 0 Å². The summed E-state index contributed by atoms with van der Waals surface area (Å²) in [6.07, 6.45) is 3.92. The van der Waals surface area contributed by atoms with Crippen LogP contribution in [-0.4, -0.2) is 22.8 Å². The van der Waals surface area contributed by atoms with Crippen LogP contribution in [0.4, 0.5) is 0 Å². The molecule has 0 N–H and O–H groups in total. The zero-order valence-electron chi connectivity index (χ0n) is 7.63. The van der Waals surface area contributed by atoms with Crippen molar-refractivity contribution >= 4 is 8.56 Å². The van der Waals surface area contributed by atoms with E-state index in [-0.39, 0.29) is 0 Å². The Labute approximate surface area is 69.8 Å². The van der Waals surface area contributed by atoms with Crippen LogP contribution in [-0.2, 0) is 8.85 Å². The van der Waals surface area contributed by atoms with E-state index in [9.17, 15) is 0 Å². The number of allylic oxidation sites excluding steroid dienone is 2. The maximum atomic E-state index is 5.31. The molecular weight excluding hydrogens is 156 g/mol. The Kier molecular flexibility index (Phi) is 5.11. The van der Waals surface area contributed by atoms with Gasteiger partial charge in [0, 0.05) is 14.2 Å². The van der Waals surface area contributed by atoms with Crippen LogP contribution < -0.4 is 0 Å². The van der Waals surface area contributed by atoms with E-state index in [0.29, 0.717) is 0 Å². The molecule has 0 heterocycles. The minimum Gasteiger partial charge on any atom is -0.392 e. The monoisotopic (exact) mass is 172 g/mol. The second-order valence-electron chi connectivity index (χ2n) is 2.13. The summed E-state index contributed by atoms with van der Waals surface area (Å²) in [4.78, 5) is 0. The van der Waals surface area contributed by atoms with Gasteiger partial charge in [0.1, 0.15) is 0 Å². The van der Waals surface area contributed by atoms with Gasteiger partial charge in [-0.1, -0.05) is 12.2 Å². The number of rotatable bonds is 4. The number of hydrogen-bond donors (Lipinski definition) is 0. The van der Waals surface area contributed by atoms with Gasteiger partial charge in [-0.15, -0.1) is 0 Å². The third-order valence-corrected chi connectivity index (χ3v) is 4.31. The van der Waals surface area contributed by atoms with Crippen LogP contribution in [0.5, 0.6) is 0 Å². The summed E-state index contributed by atoms with van der Waals surface area (Å²) in [5.74, 6) is 0. The first-order valence-corrected chi connectivity index (χ1v) is 5.59. The summed E-state index contributed by atoms with van der Waals surface area (Å²) in [5.41, 5.74) is 3.99. The Morgan fingerprint density at radius 3 is 1.45 bits per heavy atom. The standard InChI is InChI=1S/C8H16O2Si/c1-5-7-11(9-3,10-4)8-6-2/h5-8H,1-4H3/b7-5+,8-6+. The average molecular weight is 172 g/mol. The summed E-state index contributed by atoms with van der Waals surface area (Å²) >= 11 is 0. The lowest BCUT2D eigenvalue weighted by Gasteiger charge is -2.19. The molecule has 3 heteroatoms. The second kappa shape index (κ2) is 5.29. The van der Waals surface area contributed by atoms with E-state index >= 15 is 0 Å². The number of hydrogen-bond acceptors (Lipinski definition) is 2. The van der Waals surface area contributed by atoms with Crippen molar-refractivity contribution in [1.29, 1.82) is 0 Å². The molecule has 2 nitrogen and oxygen atoms in total. The zero-order chi connectivity index (χ0) is 8.74. The Morgan fingerprint density at radius 1 is 0.909 bits per heavy atom. The summed E-state index contributed by atoms with van der Waals surface area (Å²) in [6.45, 7) is 3.92. The lowest BCUT2D eigenvalue weighted by atomic mass is 10.8. The van der Waals surface area contributed by atoms with Gasteiger partial charge < -0.3 is 8.85 Å². The van der Waals surface area contributed by atoms with Gasteiger partial charge >= 0.3 is 8.56 Å². The lowest BCUT2D eigenvalue weighted by molar-refractivity contribution is 0.269. The van der Waals surface area contributed by atoms with Gasteiger partial charge in [0.2, 0.25) is 0 Å². The molecule has 0 aliphatic carbocycles. The fourth-order valence-corrected chi connectivity index (χ4v) is 2.63. The molecule has 0 atom stereocenters. The van der Waals surface area contributed by atoms with E-state index in [0.717, 1.165) is 0 Å². The highest BCUT2D eigenvalue weighted by molar-refractivity contribution is 6.77. The maximum absolute atomic E-state index is 5.31. The van der Waals surface area contributed by atoms with E-state index < -0.39 is 8.56 Å². The van der Waals surface area contributed by atoms with E-state index in [1.54, 1.807) is 14.2 Å². The zero-order valence-corrected chi connectivity index (χ0v) is 8.63. The fourth-order valence-electron chi connectivity index (χ4n) is 0.876. The van der Waals surface area contributed by atoms with Crippen molar-refractivity contribution in [2.24, 2.45) is 0 Å². The van der Waals surface area contributed by atoms with Crippen molar-refractivity contribution < 1.29 is 8.85 Å². The van der Waals surface area contributed by atoms with Gasteiger partial charge in [-0.3, -0.25) is 0 Å². The van der Waals surface area contributed by atoms with Gasteiger partial charge in [-0.25, -0.2) is 0 Å². The Morgan fingerprint density at radius 2 is 1.27 bits per heavy atom. The molecule has 0 fully saturated rings. The third-order valence-electron chi connectivity index (χ3n) is 1.44. The van der Waals surface area contributed by atoms with Gasteiger partial charge in [-0.05, 0) is 25.2 Å². The molecule has 0 unspecified atom stereocenters. The van der Waals surface area contributed by atoms with Crippen LogP contribution in [0.15, 0.2) is 23.6 Å². The molecule has 0 saturated heterocycles. The summed E-state index contributed by atoms with van der Waals surface area (Å²) in [5, 5.41) is 0. The summed E-state index contributed by atoms with van der Waals surface area (Å²) in [7, 11) is 1.25. The first-order valence-electron chi connectivity index (χ1n) is 3.62. The van der Waals surface area contributed by atoms with Crippen molar-refractivity contribution in [2.45, 2.75) is 13.8 Å². The predicted molar refractivity (Wildman–Crippen MR) is 49.4 cm³/mol. The van der Waals surface area contributed by atoms with E-state index in [1.165, 1.54) is 0 Å². The molecule has 0 aromatic heterocycles. The molecule has 0 aliphatic rings. The molecule has 11 heavy (non-hydrogen) atoms.